The number of hydrogen-bond donors (Lipinski definition) is 1. The molecule has 1 aliphatic carbocycles. The molecular formula is C32H37Cl2N3O5S. The molecule has 1 saturated carbocycles. The van der Waals surface area contributed by atoms with Gasteiger partial charge in [0.2, 0.25) is 11.8 Å². The summed E-state index contributed by atoms with van der Waals surface area (Å²) in [6.07, 6.45) is 4.23. The van der Waals surface area contributed by atoms with Crippen LogP contribution in [0.25, 0.3) is 0 Å². The predicted molar refractivity (Wildman–Crippen MR) is 170 cm³/mol. The number of carbonyl (C=O) groups is 2. The van der Waals surface area contributed by atoms with E-state index < -0.39 is 28.5 Å². The van der Waals surface area contributed by atoms with Crippen LogP contribution in [0.15, 0.2) is 71.6 Å². The largest absolute Gasteiger partial charge is 0.497 e. The zero-order valence-electron chi connectivity index (χ0n) is 24.6. The molecule has 11 heteroatoms. The highest BCUT2D eigenvalue weighted by Crippen LogP contribution is 2.31. The molecule has 1 atom stereocenters. The van der Waals surface area contributed by atoms with Crippen LogP contribution < -0.4 is 14.4 Å². The van der Waals surface area contributed by atoms with E-state index in [4.69, 9.17) is 27.9 Å². The van der Waals surface area contributed by atoms with E-state index in [1.54, 1.807) is 31.4 Å². The van der Waals surface area contributed by atoms with Crippen molar-refractivity contribution >= 4 is 50.7 Å². The van der Waals surface area contributed by atoms with Crippen LogP contribution in [-0.2, 0) is 26.2 Å². The van der Waals surface area contributed by atoms with Crippen LogP contribution >= 0.6 is 23.2 Å². The monoisotopic (exact) mass is 645 g/mol. The Hall–Kier alpha value is -3.27. The minimum atomic E-state index is -4.22. The summed E-state index contributed by atoms with van der Waals surface area (Å²) in [5.74, 6) is -0.132. The van der Waals surface area contributed by atoms with Crippen molar-refractivity contribution in [3.63, 3.8) is 0 Å². The molecule has 230 valence electrons. The van der Waals surface area contributed by atoms with E-state index >= 15 is 0 Å². The summed E-state index contributed by atoms with van der Waals surface area (Å²) in [7, 11) is -2.65. The van der Waals surface area contributed by atoms with E-state index in [1.165, 1.54) is 35.2 Å². The van der Waals surface area contributed by atoms with Crippen LogP contribution in [0.4, 0.5) is 5.69 Å². The smallest absolute Gasteiger partial charge is 0.264 e. The number of aryl methyl sites for hydroxylation is 1. The van der Waals surface area contributed by atoms with Crippen molar-refractivity contribution in [3.8, 4) is 5.75 Å². The van der Waals surface area contributed by atoms with Crippen molar-refractivity contribution in [2.75, 3.05) is 18.0 Å². The lowest BCUT2D eigenvalue weighted by Gasteiger charge is -2.34. The summed E-state index contributed by atoms with van der Waals surface area (Å²) >= 11 is 12.4. The van der Waals surface area contributed by atoms with Gasteiger partial charge in [-0.05, 0) is 74.2 Å². The Balaban J connectivity index is 1.73. The number of halogens is 2. The van der Waals surface area contributed by atoms with E-state index in [9.17, 15) is 18.0 Å². The van der Waals surface area contributed by atoms with E-state index in [1.807, 2.05) is 26.0 Å². The molecule has 1 fully saturated rings. The molecule has 0 saturated heterocycles. The van der Waals surface area contributed by atoms with Gasteiger partial charge in [-0.3, -0.25) is 13.9 Å². The first kappa shape index (κ1) is 32.6. The molecule has 1 aliphatic rings. The summed E-state index contributed by atoms with van der Waals surface area (Å²) in [5, 5.41) is 3.51. The van der Waals surface area contributed by atoms with Gasteiger partial charge in [0.15, 0.2) is 0 Å². The molecule has 0 spiro atoms. The number of ether oxygens (including phenoxy) is 1. The highest BCUT2D eigenvalue weighted by molar-refractivity contribution is 7.92. The number of carbonyl (C=O) groups excluding carboxylic acids is 2. The number of nitrogens with zero attached hydrogens (tertiary/aromatic N) is 2. The van der Waals surface area contributed by atoms with Gasteiger partial charge in [-0.25, -0.2) is 8.42 Å². The molecule has 0 unspecified atom stereocenters. The summed E-state index contributed by atoms with van der Waals surface area (Å²) in [5.41, 5.74) is 1.83. The second-order valence-corrected chi connectivity index (χ2v) is 13.4. The van der Waals surface area contributed by atoms with E-state index in [-0.39, 0.29) is 39.1 Å². The van der Waals surface area contributed by atoms with Gasteiger partial charge in [0, 0.05) is 12.6 Å². The highest BCUT2D eigenvalue weighted by Gasteiger charge is 2.34. The Bertz CT molecular complexity index is 1530. The second kappa shape index (κ2) is 14.5. The van der Waals surface area contributed by atoms with Crippen LogP contribution in [0, 0.1) is 6.92 Å². The molecule has 0 bridgehead atoms. The molecule has 0 heterocycles. The molecule has 0 aliphatic heterocycles. The van der Waals surface area contributed by atoms with Gasteiger partial charge in [-0.15, -0.1) is 0 Å². The van der Waals surface area contributed by atoms with Crippen LogP contribution in [0.1, 0.15) is 50.2 Å². The maximum Gasteiger partial charge on any atom is 0.264 e. The van der Waals surface area contributed by atoms with Crippen LogP contribution in [0.3, 0.4) is 0 Å². The predicted octanol–water partition coefficient (Wildman–Crippen LogP) is 6.37. The number of methoxy groups -OCH3 is 1. The van der Waals surface area contributed by atoms with Crippen molar-refractivity contribution in [1.82, 2.24) is 10.2 Å². The topological polar surface area (TPSA) is 96.0 Å². The van der Waals surface area contributed by atoms with Crippen molar-refractivity contribution < 1.29 is 22.7 Å². The minimum absolute atomic E-state index is 0.0182. The molecule has 8 nitrogen and oxygen atoms in total. The second-order valence-electron chi connectivity index (χ2n) is 10.7. The Kier molecular flexibility index (Phi) is 11.0. The molecular weight excluding hydrogens is 609 g/mol. The number of benzene rings is 3. The van der Waals surface area contributed by atoms with Gasteiger partial charge in [-0.2, -0.15) is 0 Å². The quantitative estimate of drug-likeness (QED) is 0.247. The third-order valence-corrected chi connectivity index (χ3v) is 10.2. The minimum Gasteiger partial charge on any atom is -0.497 e. The average molecular weight is 647 g/mol. The van der Waals surface area contributed by atoms with Gasteiger partial charge < -0.3 is 15.0 Å². The summed E-state index contributed by atoms with van der Waals surface area (Å²) in [4.78, 5) is 29.3. The van der Waals surface area contributed by atoms with Crippen molar-refractivity contribution in [1.29, 1.82) is 0 Å². The molecule has 1 N–H and O–H groups in total. The average Bonchev–Trinajstić information content (AvgIpc) is 3.50. The number of sulfonamides is 1. The van der Waals surface area contributed by atoms with Gasteiger partial charge in [0.25, 0.3) is 10.0 Å². The Labute approximate surface area is 264 Å². The first-order valence-electron chi connectivity index (χ1n) is 14.3. The third kappa shape index (κ3) is 8.02. The third-order valence-electron chi connectivity index (χ3n) is 7.68. The molecule has 43 heavy (non-hydrogen) atoms. The zero-order valence-corrected chi connectivity index (χ0v) is 26.9. The van der Waals surface area contributed by atoms with E-state index in [0.717, 1.165) is 41.1 Å². The summed E-state index contributed by atoms with van der Waals surface area (Å²) < 4.78 is 34.3. The fourth-order valence-corrected chi connectivity index (χ4v) is 6.92. The van der Waals surface area contributed by atoms with Crippen LogP contribution in [-0.4, -0.2) is 50.9 Å². The molecule has 2 amide bonds. The SMILES string of the molecule is CC[C@H](C(=O)NC1CCCC1)N(Cc1ccc(OC)cc1)C(=O)CN(c1ccc(Cl)c(Cl)c1)S(=O)(=O)c1ccc(C)cc1. The molecule has 0 aromatic heterocycles. The van der Waals surface area contributed by atoms with Gasteiger partial charge >= 0.3 is 0 Å². The highest BCUT2D eigenvalue weighted by atomic mass is 35.5. The lowest BCUT2D eigenvalue weighted by molar-refractivity contribution is -0.140. The van der Waals surface area contributed by atoms with Crippen LogP contribution in [0.2, 0.25) is 10.0 Å². The number of hydrogen-bond acceptors (Lipinski definition) is 5. The van der Waals surface area contributed by atoms with Crippen LogP contribution in [0.5, 0.6) is 5.75 Å². The van der Waals surface area contributed by atoms with E-state index in [0.29, 0.717) is 12.2 Å². The summed E-state index contributed by atoms with van der Waals surface area (Å²) in [6.45, 7) is 3.24. The zero-order chi connectivity index (χ0) is 31.1. The molecule has 4 rings (SSSR count). The Morgan fingerprint density at radius 3 is 2.21 bits per heavy atom. The Morgan fingerprint density at radius 2 is 1.63 bits per heavy atom. The van der Waals surface area contributed by atoms with Crippen molar-refractivity contribution in [3.05, 3.63) is 87.9 Å². The fraction of sp³-hybridized carbons (Fsp3) is 0.375. The van der Waals surface area contributed by atoms with Gasteiger partial charge in [-0.1, -0.05) is 72.8 Å². The normalized spacial score (nSPS) is 14.3. The molecule has 3 aromatic carbocycles. The number of nitrogens with one attached hydrogen (secondary N) is 1. The molecule has 0 radical (unpaired) electrons. The number of amides is 2. The van der Waals surface area contributed by atoms with Crippen molar-refractivity contribution in [2.24, 2.45) is 0 Å². The molecule has 3 aromatic rings. The fourth-order valence-electron chi connectivity index (χ4n) is 5.22. The van der Waals surface area contributed by atoms with E-state index in [2.05, 4.69) is 5.32 Å². The van der Waals surface area contributed by atoms with Gasteiger partial charge in [0.05, 0.1) is 27.7 Å². The summed E-state index contributed by atoms with van der Waals surface area (Å²) in [6, 6.07) is 17.2. The Morgan fingerprint density at radius 1 is 0.977 bits per heavy atom. The van der Waals surface area contributed by atoms with Crippen molar-refractivity contribution in [2.45, 2.75) is 69.5 Å². The number of rotatable bonds is 12. The number of anilines is 1. The maximum absolute atomic E-state index is 14.2. The first-order chi connectivity index (χ1) is 20.5. The lowest BCUT2D eigenvalue weighted by Crippen LogP contribution is -2.53. The van der Waals surface area contributed by atoms with Gasteiger partial charge in [0.1, 0.15) is 18.3 Å². The first-order valence-corrected chi connectivity index (χ1v) is 16.5. The standard InChI is InChI=1S/C32H37Cl2N3O5S/c1-4-30(32(39)35-24-7-5-6-8-24)36(20-23-11-14-26(42-3)15-12-23)31(38)21-37(25-13-18-28(33)29(34)19-25)43(40,41)27-16-9-22(2)10-17-27/h9-19,24,30H,4-8,20-21H2,1-3H3,(H,35,39)/t30-/m1/s1. The maximum atomic E-state index is 14.2. The lowest BCUT2D eigenvalue weighted by atomic mass is 10.1.